The molecule has 2 aromatic heterocycles. The Morgan fingerprint density at radius 1 is 0.921 bits per heavy atom. The SMILES string of the molecule is CC(=O)CC(=O)C(F)(F)F.Cc1cc(C(F)(F)F)c(C#N)c(=O)[nH]1.Cc1cc(C(F)(F)F)c(C#N)c(Cl)n1. The Kier molecular flexibility index (Phi) is 11.7. The molecule has 0 spiro atoms. The minimum Gasteiger partial charge on any atom is -0.325 e. The van der Waals surface area contributed by atoms with Gasteiger partial charge in [0.1, 0.15) is 34.2 Å². The van der Waals surface area contributed by atoms with Gasteiger partial charge in [-0.25, -0.2) is 4.98 Å². The number of aromatic nitrogens is 2. The van der Waals surface area contributed by atoms with Gasteiger partial charge in [-0.2, -0.15) is 50.0 Å². The predicted molar refractivity (Wildman–Crippen MR) is 112 cm³/mol. The molecule has 2 rings (SSSR count). The van der Waals surface area contributed by atoms with E-state index in [1.54, 1.807) is 0 Å². The summed E-state index contributed by atoms with van der Waals surface area (Å²) in [7, 11) is 0. The molecule has 0 amide bonds. The highest BCUT2D eigenvalue weighted by molar-refractivity contribution is 6.30. The van der Waals surface area contributed by atoms with E-state index < -0.39 is 69.5 Å². The number of hydrogen-bond donors (Lipinski definition) is 1. The van der Waals surface area contributed by atoms with E-state index in [4.69, 9.17) is 22.1 Å². The van der Waals surface area contributed by atoms with Gasteiger partial charge >= 0.3 is 18.5 Å². The van der Waals surface area contributed by atoms with Crippen LogP contribution < -0.4 is 5.56 Å². The smallest absolute Gasteiger partial charge is 0.325 e. The lowest BCUT2D eigenvalue weighted by Crippen LogP contribution is -2.24. The monoisotopic (exact) mass is 576 g/mol. The fourth-order valence-electron chi connectivity index (χ4n) is 2.31. The number of carbonyl (C=O) groups is 2. The fraction of sp³-hybridized carbons (Fsp3) is 0.333. The number of aryl methyl sites for hydroxylation is 2. The summed E-state index contributed by atoms with van der Waals surface area (Å²) in [6.45, 7) is 3.63. The average molecular weight is 577 g/mol. The van der Waals surface area contributed by atoms with Crippen molar-refractivity contribution in [2.75, 3.05) is 0 Å². The molecule has 0 radical (unpaired) electrons. The molecule has 206 valence electrons. The molecule has 0 saturated heterocycles. The van der Waals surface area contributed by atoms with Crippen molar-refractivity contribution in [3.05, 3.63) is 61.3 Å². The van der Waals surface area contributed by atoms with Crippen molar-refractivity contribution in [2.24, 2.45) is 0 Å². The first-order valence-corrected chi connectivity index (χ1v) is 9.89. The zero-order valence-electron chi connectivity index (χ0n) is 19.2. The number of aromatic amines is 1. The number of Topliss-reactive ketones (excluding diaryl/α,β-unsaturated/α-hetero) is 2. The number of ketones is 2. The van der Waals surface area contributed by atoms with Gasteiger partial charge in [0.15, 0.2) is 0 Å². The Balaban J connectivity index is 0.000000551. The van der Waals surface area contributed by atoms with Crippen LogP contribution in [0.4, 0.5) is 39.5 Å². The second-order valence-electron chi connectivity index (χ2n) is 7.07. The average Bonchev–Trinajstić information content (AvgIpc) is 2.71. The molecule has 2 heterocycles. The summed E-state index contributed by atoms with van der Waals surface area (Å²) in [6, 6.07) is 4.15. The van der Waals surface area contributed by atoms with Crippen LogP contribution in [-0.2, 0) is 21.9 Å². The van der Waals surface area contributed by atoms with Crippen LogP contribution in [0.3, 0.4) is 0 Å². The summed E-state index contributed by atoms with van der Waals surface area (Å²) in [6.07, 6.45) is -15.2. The van der Waals surface area contributed by atoms with Gasteiger partial charge in [0.05, 0.1) is 17.5 Å². The lowest BCUT2D eigenvalue weighted by molar-refractivity contribution is -0.171. The number of H-pyrrole nitrogens is 1. The maximum Gasteiger partial charge on any atom is 0.450 e. The molecule has 0 fully saturated rings. The summed E-state index contributed by atoms with van der Waals surface area (Å²) >= 11 is 5.41. The van der Waals surface area contributed by atoms with E-state index in [0.29, 0.717) is 0 Å². The normalized spacial score (nSPS) is 11.1. The number of nitrogens with zero attached hydrogens (tertiary/aromatic N) is 3. The summed E-state index contributed by atoms with van der Waals surface area (Å²) < 4.78 is 108. The highest BCUT2D eigenvalue weighted by Gasteiger charge is 2.38. The van der Waals surface area contributed by atoms with E-state index >= 15 is 0 Å². The second-order valence-corrected chi connectivity index (χ2v) is 7.42. The van der Waals surface area contributed by atoms with Crippen LogP contribution in [0.5, 0.6) is 0 Å². The molecule has 0 aromatic carbocycles. The number of halogens is 10. The van der Waals surface area contributed by atoms with Crippen LogP contribution >= 0.6 is 11.6 Å². The molecule has 17 heteroatoms. The predicted octanol–water partition coefficient (Wildman–Crippen LogP) is 5.60. The van der Waals surface area contributed by atoms with Crippen molar-refractivity contribution in [1.82, 2.24) is 9.97 Å². The number of hydrogen-bond acceptors (Lipinski definition) is 6. The van der Waals surface area contributed by atoms with E-state index in [2.05, 4.69) is 9.97 Å². The van der Waals surface area contributed by atoms with Crippen LogP contribution in [0.25, 0.3) is 0 Å². The van der Waals surface area contributed by atoms with Gasteiger partial charge in [-0.15, -0.1) is 0 Å². The maximum atomic E-state index is 12.4. The third-order valence-electron chi connectivity index (χ3n) is 3.83. The minimum atomic E-state index is -4.87. The molecule has 7 nitrogen and oxygen atoms in total. The van der Waals surface area contributed by atoms with E-state index in [-0.39, 0.29) is 11.4 Å². The second kappa shape index (κ2) is 13.0. The van der Waals surface area contributed by atoms with Gasteiger partial charge < -0.3 is 4.98 Å². The zero-order chi connectivity index (χ0) is 30.2. The molecule has 0 aliphatic carbocycles. The standard InChI is InChI=1S/C8H4ClF3N2.C8H5F3N2O.C5H5F3O2/c1-4-2-6(8(10,11)12)5(3-13)7(9)14-4;1-4-2-6(8(9,10)11)5(3-12)7(14)13-4;1-3(9)2-4(10)5(6,7)8/h2H,1H3;2H,1H3,(H,13,14);2H2,1H3. The molecule has 2 aromatic rings. The highest BCUT2D eigenvalue weighted by Crippen LogP contribution is 2.34. The Labute approximate surface area is 212 Å². The largest absolute Gasteiger partial charge is 0.450 e. The zero-order valence-corrected chi connectivity index (χ0v) is 20.0. The first-order valence-electron chi connectivity index (χ1n) is 9.51. The topological polar surface area (TPSA) is 127 Å². The molecule has 0 aliphatic rings. The quantitative estimate of drug-likeness (QED) is 0.281. The van der Waals surface area contributed by atoms with Gasteiger partial charge in [-0.05, 0) is 32.9 Å². The van der Waals surface area contributed by atoms with Crippen molar-refractivity contribution >= 4 is 23.2 Å². The molecule has 0 aliphatic heterocycles. The van der Waals surface area contributed by atoms with Gasteiger partial charge in [0, 0.05) is 11.4 Å². The number of carbonyl (C=O) groups excluding carboxylic acids is 2. The third kappa shape index (κ3) is 10.6. The highest BCUT2D eigenvalue weighted by atomic mass is 35.5. The first kappa shape index (κ1) is 34.1. The number of pyridine rings is 2. The number of nitrogens with one attached hydrogen (secondary N) is 1. The van der Waals surface area contributed by atoms with Crippen molar-refractivity contribution in [3.63, 3.8) is 0 Å². The molecule has 0 bridgehead atoms. The van der Waals surface area contributed by atoms with E-state index in [1.165, 1.54) is 26.0 Å². The molecule has 38 heavy (non-hydrogen) atoms. The van der Waals surface area contributed by atoms with Gasteiger partial charge in [0.25, 0.3) is 5.56 Å². The Morgan fingerprint density at radius 3 is 1.71 bits per heavy atom. The summed E-state index contributed by atoms with van der Waals surface area (Å²) in [4.78, 5) is 36.6. The lowest BCUT2D eigenvalue weighted by Gasteiger charge is -2.09. The van der Waals surface area contributed by atoms with Crippen LogP contribution in [0.1, 0.15) is 47.0 Å². The van der Waals surface area contributed by atoms with Crippen LogP contribution in [0.2, 0.25) is 5.15 Å². The molecular formula is C21H14ClF9N4O3. The van der Waals surface area contributed by atoms with Crippen molar-refractivity contribution in [2.45, 2.75) is 45.7 Å². The first-order chi connectivity index (χ1) is 17.1. The molecular weight excluding hydrogens is 563 g/mol. The number of alkyl halides is 9. The number of rotatable bonds is 2. The van der Waals surface area contributed by atoms with Gasteiger partial charge in [0.2, 0.25) is 5.78 Å². The third-order valence-corrected chi connectivity index (χ3v) is 4.10. The van der Waals surface area contributed by atoms with Gasteiger partial charge in [-0.1, -0.05) is 11.6 Å². The number of nitriles is 2. The molecule has 0 unspecified atom stereocenters. The minimum absolute atomic E-state index is 0.0707. The Bertz CT molecular complexity index is 1330. The van der Waals surface area contributed by atoms with E-state index in [9.17, 15) is 53.9 Å². The van der Waals surface area contributed by atoms with Crippen LogP contribution in [0, 0.1) is 36.5 Å². The van der Waals surface area contributed by atoms with E-state index in [0.717, 1.165) is 19.1 Å². The van der Waals surface area contributed by atoms with Crippen molar-refractivity contribution in [3.8, 4) is 12.1 Å². The lowest BCUT2D eigenvalue weighted by atomic mass is 10.1. The van der Waals surface area contributed by atoms with E-state index in [1.807, 2.05) is 0 Å². The summed E-state index contributed by atoms with van der Waals surface area (Å²) in [5.74, 6) is -2.76. The Hall–Kier alpha value is -3.92. The van der Waals surface area contributed by atoms with Crippen molar-refractivity contribution in [1.29, 1.82) is 10.5 Å². The van der Waals surface area contributed by atoms with Crippen molar-refractivity contribution < 1.29 is 49.1 Å². The fourth-order valence-corrected chi connectivity index (χ4v) is 2.59. The van der Waals surface area contributed by atoms with Gasteiger partial charge in [-0.3, -0.25) is 14.4 Å². The summed E-state index contributed by atoms with van der Waals surface area (Å²) in [5, 5.41) is 16.4. The molecule has 0 atom stereocenters. The maximum absolute atomic E-state index is 12.4. The molecule has 1 N–H and O–H groups in total. The summed E-state index contributed by atoms with van der Waals surface area (Å²) in [5.41, 5.74) is -4.59. The van der Waals surface area contributed by atoms with Crippen LogP contribution in [0.15, 0.2) is 16.9 Å². The Morgan fingerprint density at radius 2 is 1.37 bits per heavy atom. The molecule has 0 saturated carbocycles. The van der Waals surface area contributed by atoms with Crippen LogP contribution in [-0.4, -0.2) is 27.7 Å².